The molecule has 0 spiro atoms. The Morgan fingerprint density at radius 1 is 1.48 bits per heavy atom. The summed E-state index contributed by atoms with van der Waals surface area (Å²) in [4.78, 5) is 8.94. The lowest BCUT2D eigenvalue weighted by molar-refractivity contribution is -0.109. The number of anilines is 1. The molecule has 0 aliphatic heterocycles. The predicted molar refractivity (Wildman–Crippen MR) is 77.4 cm³/mol. The molecule has 21 heavy (non-hydrogen) atoms. The normalized spacial score (nSPS) is 9.33. The molecule has 0 aliphatic rings. The van der Waals surface area contributed by atoms with Gasteiger partial charge in [0, 0.05) is 7.05 Å². The zero-order valence-corrected chi connectivity index (χ0v) is 12.0. The summed E-state index contributed by atoms with van der Waals surface area (Å²) in [5, 5.41) is 3.07. The largest absolute Gasteiger partial charge is 0.482 e. The highest BCUT2D eigenvalue weighted by Crippen LogP contribution is 2.35. The SMILES string of the molecule is CNc1c(F)ccc(Cl)c1OCc1ccco1.NNC=O. The van der Waals surface area contributed by atoms with Crippen molar-refractivity contribution < 1.29 is 18.3 Å². The van der Waals surface area contributed by atoms with Gasteiger partial charge in [0.2, 0.25) is 6.41 Å². The molecule has 6 nitrogen and oxygen atoms in total. The summed E-state index contributed by atoms with van der Waals surface area (Å²) < 4.78 is 24.0. The van der Waals surface area contributed by atoms with Gasteiger partial charge in [0.1, 0.15) is 23.9 Å². The fourth-order valence-electron chi connectivity index (χ4n) is 1.45. The minimum atomic E-state index is -0.411. The van der Waals surface area contributed by atoms with Crippen LogP contribution in [0, 0.1) is 5.82 Å². The van der Waals surface area contributed by atoms with Gasteiger partial charge in [0.25, 0.3) is 0 Å². The van der Waals surface area contributed by atoms with E-state index in [-0.39, 0.29) is 18.0 Å². The number of hydrazine groups is 1. The van der Waals surface area contributed by atoms with Crippen molar-refractivity contribution in [2.45, 2.75) is 6.61 Å². The number of nitrogens with one attached hydrogen (secondary N) is 2. The molecular weight excluding hydrogens is 301 g/mol. The molecule has 1 amide bonds. The highest BCUT2D eigenvalue weighted by molar-refractivity contribution is 6.32. The number of halogens is 2. The number of carbonyl (C=O) groups excluding carboxylic acids is 1. The fraction of sp³-hybridized carbons (Fsp3) is 0.154. The van der Waals surface area contributed by atoms with Crippen molar-refractivity contribution in [2.24, 2.45) is 5.84 Å². The van der Waals surface area contributed by atoms with Crippen LogP contribution in [-0.2, 0) is 11.4 Å². The van der Waals surface area contributed by atoms with Crippen molar-refractivity contribution in [3.63, 3.8) is 0 Å². The van der Waals surface area contributed by atoms with E-state index in [4.69, 9.17) is 25.5 Å². The van der Waals surface area contributed by atoms with Crippen molar-refractivity contribution in [1.82, 2.24) is 5.43 Å². The number of benzene rings is 1. The standard InChI is InChI=1S/C12H11ClFNO2.CH4N2O/c1-15-11-10(14)5-4-9(13)12(11)17-7-8-3-2-6-16-8;2-3-1-4/h2-6,15H,7H2,1H3;1H,2H2,(H,3,4). The van der Waals surface area contributed by atoms with Gasteiger partial charge in [0.05, 0.1) is 11.3 Å². The minimum Gasteiger partial charge on any atom is -0.482 e. The summed E-state index contributed by atoms with van der Waals surface area (Å²) in [7, 11) is 1.61. The Kier molecular flexibility index (Phi) is 7.06. The van der Waals surface area contributed by atoms with E-state index in [1.54, 1.807) is 30.9 Å². The lowest BCUT2D eigenvalue weighted by atomic mass is 10.2. The quantitative estimate of drug-likeness (QED) is 0.341. The maximum absolute atomic E-state index is 13.5. The van der Waals surface area contributed by atoms with Gasteiger partial charge >= 0.3 is 0 Å². The average molecular weight is 316 g/mol. The summed E-state index contributed by atoms with van der Waals surface area (Å²) in [6.07, 6.45) is 1.95. The Morgan fingerprint density at radius 2 is 2.19 bits per heavy atom. The third kappa shape index (κ3) is 4.97. The van der Waals surface area contributed by atoms with E-state index < -0.39 is 5.82 Å². The molecule has 1 heterocycles. The lowest BCUT2D eigenvalue weighted by Gasteiger charge is -2.12. The van der Waals surface area contributed by atoms with Gasteiger partial charge in [-0.15, -0.1) is 0 Å². The molecule has 0 saturated carbocycles. The zero-order chi connectivity index (χ0) is 15.7. The molecule has 2 aromatic rings. The molecular formula is C13H15ClFN3O3. The van der Waals surface area contributed by atoms with Gasteiger partial charge in [-0.05, 0) is 24.3 Å². The predicted octanol–water partition coefficient (Wildman–Crippen LogP) is 2.30. The van der Waals surface area contributed by atoms with Crippen LogP contribution < -0.4 is 21.3 Å². The highest BCUT2D eigenvalue weighted by atomic mass is 35.5. The molecule has 0 saturated heterocycles. The molecule has 8 heteroatoms. The van der Waals surface area contributed by atoms with Gasteiger partial charge in [-0.3, -0.25) is 10.2 Å². The first-order chi connectivity index (χ1) is 10.1. The smallest absolute Gasteiger partial charge is 0.221 e. The Labute approximate surface area is 126 Å². The topological polar surface area (TPSA) is 89.5 Å². The molecule has 1 aromatic carbocycles. The van der Waals surface area contributed by atoms with Crippen molar-refractivity contribution in [1.29, 1.82) is 0 Å². The molecule has 4 N–H and O–H groups in total. The third-order valence-electron chi connectivity index (χ3n) is 2.32. The molecule has 0 unspecified atom stereocenters. The molecule has 1 aromatic heterocycles. The molecule has 2 rings (SSSR count). The first-order valence-electron chi connectivity index (χ1n) is 5.84. The van der Waals surface area contributed by atoms with Crippen LogP contribution >= 0.6 is 11.6 Å². The highest BCUT2D eigenvalue weighted by Gasteiger charge is 2.13. The molecule has 114 valence electrons. The van der Waals surface area contributed by atoms with Crippen LogP contribution in [0.25, 0.3) is 0 Å². The number of carbonyl (C=O) groups is 1. The maximum Gasteiger partial charge on any atom is 0.221 e. The lowest BCUT2D eigenvalue weighted by Crippen LogP contribution is -2.18. The second-order valence-corrected chi connectivity index (χ2v) is 4.04. The van der Waals surface area contributed by atoms with Gasteiger partial charge in [0.15, 0.2) is 5.75 Å². The Balaban J connectivity index is 0.000000491. The molecule has 0 aliphatic carbocycles. The Hall–Kier alpha value is -2.25. The van der Waals surface area contributed by atoms with E-state index in [0.29, 0.717) is 17.2 Å². The van der Waals surface area contributed by atoms with Crippen molar-refractivity contribution in [3.8, 4) is 5.75 Å². The van der Waals surface area contributed by atoms with Gasteiger partial charge in [-0.2, -0.15) is 0 Å². The van der Waals surface area contributed by atoms with Crippen LogP contribution in [0.2, 0.25) is 5.02 Å². The van der Waals surface area contributed by atoms with E-state index in [9.17, 15) is 4.39 Å². The van der Waals surface area contributed by atoms with Crippen molar-refractivity contribution in [3.05, 3.63) is 47.1 Å². The number of furan rings is 1. The second kappa shape index (κ2) is 8.83. The fourth-order valence-corrected chi connectivity index (χ4v) is 1.66. The monoisotopic (exact) mass is 315 g/mol. The summed E-state index contributed by atoms with van der Waals surface area (Å²) in [6.45, 7) is 0.199. The van der Waals surface area contributed by atoms with Gasteiger partial charge in [-0.1, -0.05) is 11.6 Å². The van der Waals surface area contributed by atoms with E-state index in [2.05, 4.69) is 11.2 Å². The van der Waals surface area contributed by atoms with Crippen LogP contribution in [0.3, 0.4) is 0 Å². The number of hydrogen-bond acceptors (Lipinski definition) is 5. The molecule has 0 radical (unpaired) electrons. The number of rotatable bonds is 5. The van der Waals surface area contributed by atoms with Crippen molar-refractivity contribution >= 4 is 23.7 Å². The first-order valence-corrected chi connectivity index (χ1v) is 6.22. The zero-order valence-electron chi connectivity index (χ0n) is 11.2. The summed E-state index contributed by atoms with van der Waals surface area (Å²) in [6, 6.07) is 6.26. The summed E-state index contributed by atoms with van der Waals surface area (Å²) >= 11 is 5.96. The van der Waals surface area contributed by atoms with Crippen LogP contribution in [0.15, 0.2) is 34.9 Å². The van der Waals surface area contributed by atoms with Gasteiger partial charge < -0.3 is 14.5 Å². The Bertz CT molecular complexity index is 564. The van der Waals surface area contributed by atoms with Crippen LogP contribution in [0.4, 0.5) is 10.1 Å². The third-order valence-corrected chi connectivity index (χ3v) is 2.61. The summed E-state index contributed by atoms with van der Waals surface area (Å²) in [5.41, 5.74) is 1.99. The minimum absolute atomic E-state index is 0.199. The van der Waals surface area contributed by atoms with E-state index in [1.807, 2.05) is 0 Å². The maximum atomic E-state index is 13.5. The summed E-state index contributed by atoms with van der Waals surface area (Å²) in [5.74, 6) is 4.93. The van der Waals surface area contributed by atoms with Gasteiger partial charge in [-0.25, -0.2) is 10.2 Å². The van der Waals surface area contributed by atoms with E-state index in [1.165, 1.54) is 12.1 Å². The van der Waals surface area contributed by atoms with Crippen LogP contribution in [-0.4, -0.2) is 13.5 Å². The number of hydrogen-bond donors (Lipinski definition) is 3. The molecule has 0 atom stereocenters. The van der Waals surface area contributed by atoms with E-state index in [0.717, 1.165) is 0 Å². The van der Waals surface area contributed by atoms with Crippen LogP contribution in [0.1, 0.15) is 5.76 Å². The van der Waals surface area contributed by atoms with Crippen LogP contribution in [0.5, 0.6) is 5.75 Å². The molecule has 0 bridgehead atoms. The average Bonchev–Trinajstić information content (AvgIpc) is 3.01. The second-order valence-electron chi connectivity index (χ2n) is 3.64. The molecule has 0 fully saturated rings. The number of ether oxygens (including phenoxy) is 1. The first kappa shape index (κ1) is 16.8. The Morgan fingerprint density at radius 3 is 2.71 bits per heavy atom. The van der Waals surface area contributed by atoms with E-state index >= 15 is 0 Å². The number of amides is 1. The van der Waals surface area contributed by atoms with Crippen molar-refractivity contribution in [2.75, 3.05) is 12.4 Å². The number of nitrogens with two attached hydrogens (primary N) is 1.